The van der Waals surface area contributed by atoms with Gasteiger partial charge in [-0.15, -0.1) is 0 Å². The zero-order chi connectivity index (χ0) is 14.1. The highest BCUT2D eigenvalue weighted by atomic mass is 19.3. The van der Waals surface area contributed by atoms with Gasteiger partial charge in [-0.3, -0.25) is 0 Å². The van der Waals surface area contributed by atoms with Gasteiger partial charge in [0.05, 0.1) is 18.8 Å². The number of benzene rings is 1. The van der Waals surface area contributed by atoms with E-state index in [9.17, 15) is 8.78 Å². The highest BCUT2D eigenvalue weighted by Gasteiger charge is 2.32. The van der Waals surface area contributed by atoms with Gasteiger partial charge in [0.2, 0.25) is 0 Å². The zero-order valence-electron chi connectivity index (χ0n) is 11.4. The van der Waals surface area contributed by atoms with Crippen LogP contribution in [0.2, 0.25) is 0 Å². The van der Waals surface area contributed by atoms with Gasteiger partial charge in [0, 0.05) is 16.7 Å². The molecule has 0 unspecified atom stereocenters. The van der Waals surface area contributed by atoms with E-state index in [0.717, 1.165) is 30.4 Å². The van der Waals surface area contributed by atoms with E-state index < -0.39 is 6.43 Å². The van der Waals surface area contributed by atoms with Crippen LogP contribution in [0.25, 0.3) is 0 Å². The Morgan fingerprint density at radius 2 is 1.65 bits per heavy atom. The smallest absolute Gasteiger partial charge is 0.267 e. The molecule has 2 N–H and O–H groups in total. The Hall–Kier alpha value is -1.36. The van der Waals surface area contributed by atoms with Crippen molar-refractivity contribution in [1.82, 2.24) is 0 Å². The maximum atomic E-state index is 13.5. The van der Waals surface area contributed by atoms with E-state index in [1.165, 1.54) is 0 Å². The fourth-order valence-corrected chi connectivity index (χ4v) is 3.22. The van der Waals surface area contributed by atoms with Gasteiger partial charge >= 0.3 is 0 Å². The van der Waals surface area contributed by atoms with Crippen LogP contribution in [-0.4, -0.2) is 19.8 Å². The van der Waals surface area contributed by atoms with Gasteiger partial charge in [0.15, 0.2) is 0 Å². The summed E-state index contributed by atoms with van der Waals surface area (Å²) >= 11 is 0. The molecule has 0 radical (unpaired) electrons. The summed E-state index contributed by atoms with van der Waals surface area (Å²) in [6, 6.07) is 0. The first-order valence-corrected chi connectivity index (χ1v) is 7.18. The van der Waals surface area contributed by atoms with Crippen LogP contribution in [0, 0.1) is 0 Å². The third-order valence-corrected chi connectivity index (χ3v) is 4.00. The van der Waals surface area contributed by atoms with Crippen molar-refractivity contribution < 1.29 is 18.3 Å². The molecular weight excluding hydrogens is 264 g/mol. The van der Waals surface area contributed by atoms with E-state index in [1.807, 2.05) is 0 Å². The van der Waals surface area contributed by atoms with Crippen LogP contribution in [0.4, 0.5) is 8.78 Å². The fraction of sp³-hybridized carbons (Fsp3) is 0.600. The van der Waals surface area contributed by atoms with Crippen molar-refractivity contribution in [3.8, 4) is 11.5 Å². The van der Waals surface area contributed by atoms with Crippen LogP contribution >= 0.6 is 0 Å². The minimum atomic E-state index is -2.52. The predicted molar refractivity (Wildman–Crippen MR) is 71.8 cm³/mol. The number of hydrogen-bond acceptors (Lipinski definition) is 3. The third-order valence-electron chi connectivity index (χ3n) is 4.00. The molecule has 20 heavy (non-hydrogen) atoms. The summed E-state index contributed by atoms with van der Waals surface area (Å²) in [7, 11) is 0. The first-order chi connectivity index (χ1) is 9.74. The summed E-state index contributed by atoms with van der Waals surface area (Å²) in [5.41, 5.74) is 8.24. The summed E-state index contributed by atoms with van der Waals surface area (Å²) in [5.74, 6) is 1.06. The van der Waals surface area contributed by atoms with E-state index in [4.69, 9.17) is 15.2 Å². The standard InChI is InChI=1S/C15H19F2NO2/c16-15(17)12-11-4-2-7-19-13(11)10(5-6-18)9-3-1-8-20-14(9)12/h15H,1-8,18H2. The Morgan fingerprint density at radius 3 is 2.30 bits per heavy atom. The quantitative estimate of drug-likeness (QED) is 0.927. The Kier molecular flexibility index (Phi) is 3.78. The summed E-state index contributed by atoms with van der Waals surface area (Å²) in [4.78, 5) is 0. The molecular formula is C15H19F2NO2. The predicted octanol–water partition coefficient (Wildman–Crippen LogP) is 2.78. The van der Waals surface area contributed by atoms with Gasteiger partial charge in [0.1, 0.15) is 11.5 Å². The van der Waals surface area contributed by atoms with Crippen molar-refractivity contribution in [3.05, 3.63) is 22.3 Å². The van der Waals surface area contributed by atoms with Gasteiger partial charge in [-0.2, -0.15) is 0 Å². The lowest BCUT2D eigenvalue weighted by Crippen LogP contribution is -2.21. The van der Waals surface area contributed by atoms with Crippen molar-refractivity contribution in [2.45, 2.75) is 38.5 Å². The Balaban J connectivity index is 2.25. The van der Waals surface area contributed by atoms with Gasteiger partial charge < -0.3 is 15.2 Å². The Labute approximate surface area is 117 Å². The molecule has 0 saturated carbocycles. The molecule has 0 saturated heterocycles. The summed E-state index contributed by atoms with van der Waals surface area (Å²) in [6.45, 7) is 1.58. The molecule has 2 aliphatic rings. The van der Waals surface area contributed by atoms with Gasteiger partial charge in [0.25, 0.3) is 6.43 Å². The fourth-order valence-electron chi connectivity index (χ4n) is 3.22. The lowest BCUT2D eigenvalue weighted by Gasteiger charge is -2.30. The second kappa shape index (κ2) is 5.56. The minimum absolute atomic E-state index is 0.0511. The molecule has 0 fully saturated rings. The van der Waals surface area contributed by atoms with Crippen molar-refractivity contribution in [2.75, 3.05) is 19.8 Å². The number of hydrogen-bond donors (Lipinski definition) is 1. The second-order valence-corrected chi connectivity index (χ2v) is 5.25. The number of alkyl halides is 2. The summed E-state index contributed by atoms with van der Waals surface area (Å²) in [5, 5.41) is 0. The second-order valence-electron chi connectivity index (χ2n) is 5.25. The molecule has 0 aliphatic carbocycles. The molecule has 1 aromatic carbocycles. The van der Waals surface area contributed by atoms with Crippen molar-refractivity contribution in [2.24, 2.45) is 5.73 Å². The lowest BCUT2D eigenvalue weighted by atomic mass is 9.87. The first kappa shape index (κ1) is 13.6. The maximum absolute atomic E-state index is 13.5. The molecule has 2 heterocycles. The molecule has 1 aromatic rings. The summed E-state index contributed by atoms with van der Waals surface area (Å²) in [6.07, 6.45) is 1.14. The number of halogens is 2. The molecule has 3 rings (SSSR count). The van der Waals surface area contributed by atoms with Crippen LogP contribution in [-0.2, 0) is 19.3 Å². The average molecular weight is 283 g/mol. The van der Waals surface area contributed by atoms with Crippen molar-refractivity contribution >= 4 is 0 Å². The van der Waals surface area contributed by atoms with Crippen LogP contribution in [0.1, 0.15) is 41.5 Å². The SMILES string of the molecule is NCCc1c2c(c(C(F)F)c3c1OCCC3)OCCC2. The summed E-state index contributed by atoms with van der Waals surface area (Å²) < 4.78 is 38.3. The Bertz CT molecular complexity index is 480. The van der Waals surface area contributed by atoms with E-state index in [2.05, 4.69) is 0 Å². The maximum Gasteiger partial charge on any atom is 0.267 e. The number of fused-ring (bicyclic) bond motifs is 2. The van der Waals surface area contributed by atoms with Crippen molar-refractivity contribution in [1.29, 1.82) is 0 Å². The molecule has 110 valence electrons. The minimum Gasteiger partial charge on any atom is -0.493 e. The largest absolute Gasteiger partial charge is 0.493 e. The number of rotatable bonds is 3. The number of ether oxygens (including phenoxy) is 2. The van der Waals surface area contributed by atoms with E-state index >= 15 is 0 Å². The first-order valence-electron chi connectivity index (χ1n) is 7.18. The number of nitrogens with two attached hydrogens (primary N) is 1. The molecule has 0 amide bonds. The lowest BCUT2D eigenvalue weighted by molar-refractivity contribution is 0.139. The molecule has 3 nitrogen and oxygen atoms in total. The highest BCUT2D eigenvalue weighted by Crippen LogP contribution is 2.47. The molecule has 0 atom stereocenters. The zero-order valence-corrected chi connectivity index (χ0v) is 11.4. The van der Waals surface area contributed by atoms with Gasteiger partial charge in [-0.25, -0.2) is 8.78 Å². The normalized spacial score (nSPS) is 17.2. The van der Waals surface area contributed by atoms with E-state index in [0.29, 0.717) is 49.7 Å². The Morgan fingerprint density at radius 1 is 1.00 bits per heavy atom. The molecule has 2 aliphatic heterocycles. The van der Waals surface area contributed by atoms with Gasteiger partial charge in [-0.05, 0) is 38.6 Å². The molecule has 0 bridgehead atoms. The molecule has 0 spiro atoms. The molecule has 5 heteroatoms. The van der Waals surface area contributed by atoms with Crippen molar-refractivity contribution in [3.63, 3.8) is 0 Å². The van der Waals surface area contributed by atoms with E-state index in [-0.39, 0.29) is 5.56 Å². The average Bonchev–Trinajstić information content (AvgIpc) is 2.47. The van der Waals surface area contributed by atoms with Crippen LogP contribution < -0.4 is 15.2 Å². The van der Waals surface area contributed by atoms with Crippen LogP contribution in [0.15, 0.2) is 0 Å². The van der Waals surface area contributed by atoms with Gasteiger partial charge in [-0.1, -0.05) is 0 Å². The highest BCUT2D eigenvalue weighted by molar-refractivity contribution is 5.61. The third kappa shape index (κ3) is 2.14. The van der Waals surface area contributed by atoms with E-state index in [1.54, 1.807) is 0 Å². The molecule has 0 aromatic heterocycles. The van der Waals surface area contributed by atoms with Crippen LogP contribution in [0.5, 0.6) is 11.5 Å². The monoisotopic (exact) mass is 283 g/mol. The van der Waals surface area contributed by atoms with Crippen LogP contribution in [0.3, 0.4) is 0 Å². The topological polar surface area (TPSA) is 44.5 Å².